The van der Waals surface area contributed by atoms with Gasteiger partial charge in [0.05, 0.1) is 5.71 Å². The van der Waals surface area contributed by atoms with Gasteiger partial charge in [0.15, 0.2) is 5.69 Å². The fraction of sp³-hybridized carbons (Fsp3) is 0.286. The van der Waals surface area contributed by atoms with Crippen LogP contribution in [0.5, 0.6) is 5.75 Å². The molecule has 2 N–H and O–H groups in total. The van der Waals surface area contributed by atoms with Crippen molar-refractivity contribution in [3.63, 3.8) is 0 Å². The molecule has 0 unspecified atom stereocenters. The van der Waals surface area contributed by atoms with E-state index in [1.807, 2.05) is 5.43 Å². The van der Waals surface area contributed by atoms with E-state index >= 15 is 0 Å². The van der Waals surface area contributed by atoms with E-state index in [0.717, 1.165) is 4.68 Å². The van der Waals surface area contributed by atoms with Gasteiger partial charge in [-0.05, 0) is 13.8 Å². The minimum Gasteiger partial charge on any atom is -0.507 e. The molecule has 2 aromatic rings. The van der Waals surface area contributed by atoms with Crippen molar-refractivity contribution in [1.29, 1.82) is 0 Å². The Morgan fingerprint density at radius 1 is 1.40 bits per heavy atom. The molecule has 2 rings (SSSR count). The smallest absolute Gasteiger partial charge is 0.435 e. The van der Waals surface area contributed by atoms with Crippen molar-refractivity contribution in [2.75, 3.05) is 0 Å². The molecule has 2 heterocycles. The Morgan fingerprint density at radius 3 is 2.56 bits per heavy atom. The molecule has 0 saturated heterocycles. The molecule has 0 aromatic carbocycles. The average molecular weight is 358 g/mol. The summed E-state index contributed by atoms with van der Waals surface area (Å²) in [5, 5.41) is 16.6. The summed E-state index contributed by atoms with van der Waals surface area (Å²) in [5.74, 6) is -1.19. The van der Waals surface area contributed by atoms with Gasteiger partial charge in [-0.3, -0.25) is 9.48 Å². The number of amides is 1. The molecule has 0 spiro atoms. The summed E-state index contributed by atoms with van der Waals surface area (Å²) in [7, 11) is 1.17. The molecule has 0 fully saturated rings. The quantitative estimate of drug-likeness (QED) is 0.639. The van der Waals surface area contributed by atoms with E-state index in [0.29, 0.717) is 6.07 Å². The molecule has 0 aliphatic carbocycles. The van der Waals surface area contributed by atoms with E-state index in [4.69, 9.17) is 4.42 Å². The second-order valence-corrected chi connectivity index (χ2v) is 5.08. The Morgan fingerprint density at radius 2 is 2.04 bits per heavy atom. The highest BCUT2D eigenvalue weighted by Crippen LogP contribution is 2.28. The third-order valence-electron chi connectivity index (χ3n) is 3.14. The number of aromatic hydroxyl groups is 1. The van der Waals surface area contributed by atoms with Crippen LogP contribution in [-0.2, 0) is 13.2 Å². The first kappa shape index (κ1) is 18.2. The van der Waals surface area contributed by atoms with E-state index in [-0.39, 0.29) is 22.7 Å². The maximum Gasteiger partial charge on any atom is 0.435 e. The topological polar surface area (TPSA) is 110 Å². The molecule has 25 heavy (non-hydrogen) atoms. The van der Waals surface area contributed by atoms with Crippen molar-refractivity contribution in [2.45, 2.75) is 20.0 Å². The molecule has 0 aliphatic heterocycles. The molecule has 0 atom stereocenters. The fourth-order valence-electron chi connectivity index (χ4n) is 2.00. The van der Waals surface area contributed by atoms with Crippen LogP contribution in [0.1, 0.15) is 34.4 Å². The highest BCUT2D eigenvalue weighted by molar-refractivity contribution is 6.02. The third kappa shape index (κ3) is 3.87. The molecule has 8 nitrogen and oxygen atoms in total. The predicted octanol–water partition coefficient (Wildman–Crippen LogP) is 1.56. The number of halogens is 3. The zero-order chi connectivity index (χ0) is 18.9. The van der Waals surface area contributed by atoms with Gasteiger partial charge in [-0.2, -0.15) is 23.4 Å². The van der Waals surface area contributed by atoms with E-state index in [9.17, 15) is 27.9 Å². The summed E-state index contributed by atoms with van der Waals surface area (Å²) >= 11 is 0. The van der Waals surface area contributed by atoms with Crippen LogP contribution in [0.4, 0.5) is 13.2 Å². The number of hydrazone groups is 1. The first-order chi connectivity index (χ1) is 11.5. The fourth-order valence-corrected chi connectivity index (χ4v) is 2.00. The van der Waals surface area contributed by atoms with E-state index in [2.05, 4.69) is 10.2 Å². The first-order valence-corrected chi connectivity index (χ1v) is 6.80. The van der Waals surface area contributed by atoms with Crippen molar-refractivity contribution < 1.29 is 27.5 Å². The summed E-state index contributed by atoms with van der Waals surface area (Å²) in [6.07, 6.45) is -4.69. The molecular formula is C14H13F3N4O4. The lowest BCUT2D eigenvalue weighted by Crippen LogP contribution is -2.23. The van der Waals surface area contributed by atoms with Gasteiger partial charge >= 0.3 is 11.8 Å². The summed E-state index contributed by atoms with van der Waals surface area (Å²) in [4.78, 5) is 23.7. The first-order valence-electron chi connectivity index (χ1n) is 6.80. The molecule has 134 valence electrons. The predicted molar refractivity (Wildman–Crippen MR) is 79.3 cm³/mol. The van der Waals surface area contributed by atoms with Crippen molar-refractivity contribution in [3.8, 4) is 5.75 Å². The highest BCUT2D eigenvalue weighted by atomic mass is 19.4. The highest BCUT2D eigenvalue weighted by Gasteiger charge is 2.35. The Bertz CT molecular complexity index is 912. The number of nitrogens with zero attached hydrogens (tertiary/aromatic N) is 3. The molecule has 0 saturated carbocycles. The van der Waals surface area contributed by atoms with Gasteiger partial charge in [-0.1, -0.05) is 0 Å². The number of nitrogens with one attached hydrogen (secondary N) is 1. The number of alkyl halides is 3. The van der Waals surface area contributed by atoms with Crippen LogP contribution in [-0.4, -0.2) is 26.5 Å². The van der Waals surface area contributed by atoms with Crippen molar-refractivity contribution in [3.05, 3.63) is 45.3 Å². The minimum absolute atomic E-state index is 0.0854. The zero-order valence-corrected chi connectivity index (χ0v) is 13.3. The second kappa shape index (κ2) is 6.42. The minimum atomic E-state index is -4.69. The van der Waals surface area contributed by atoms with Crippen LogP contribution < -0.4 is 11.1 Å². The van der Waals surface area contributed by atoms with Crippen LogP contribution in [0.15, 0.2) is 26.4 Å². The number of hydrogen-bond donors (Lipinski definition) is 2. The Hall–Kier alpha value is -3.11. The summed E-state index contributed by atoms with van der Waals surface area (Å²) < 4.78 is 43.3. The molecule has 0 radical (unpaired) electrons. The van der Waals surface area contributed by atoms with Gasteiger partial charge < -0.3 is 9.52 Å². The van der Waals surface area contributed by atoms with Crippen molar-refractivity contribution in [1.82, 2.24) is 15.2 Å². The van der Waals surface area contributed by atoms with E-state index in [1.165, 1.54) is 27.0 Å². The number of aryl methyl sites for hydroxylation is 2. The normalized spacial score (nSPS) is 12.3. The lowest BCUT2D eigenvalue weighted by molar-refractivity contribution is -0.141. The average Bonchev–Trinajstić information content (AvgIpc) is 2.85. The number of hydrogen-bond acceptors (Lipinski definition) is 6. The van der Waals surface area contributed by atoms with Crippen LogP contribution in [0.25, 0.3) is 0 Å². The Labute approximate surface area is 138 Å². The number of carbonyl (C=O) groups is 1. The number of carbonyl (C=O) groups excluding carboxylic acids is 1. The van der Waals surface area contributed by atoms with E-state index < -0.39 is 29.2 Å². The lowest BCUT2D eigenvalue weighted by Gasteiger charge is -2.04. The van der Waals surface area contributed by atoms with Gasteiger partial charge in [-0.15, -0.1) is 0 Å². The Balaban J connectivity index is 2.26. The number of aromatic nitrogens is 2. The van der Waals surface area contributed by atoms with Gasteiger partial charge in [0.25, 0.3) is 5.91 Å². The van der Waals surface area contributed by atoms with Crippen LogP contribution in [0.2, 0.25) is 0 Å². The van der Waals surface area contributed by atoms with Crippen molar-refractivity contribution in [2.24, 2.45) is 12.1 Å². The summed E-state index contributed by atoms with van der Waals surface area (Å²) in [5.41, 5.74) is -0.833. The maximum absolute atomic E-state index is 12.6. The molecule has 0 aliphatic rings. The zero-order valence-electron chi connectivity index (χ0n) is 13.3. The second-order valence-electron chi connectivity index (χ2n) is 5.08. The van der Waals surface area contributed by atoms with Gasteiger partial charge in [0.1, 0.15) is 22.8 Å². The van der Waals surface area contributed by atoms with Gasteiger partial charge in [0.2, 0.25) is 0 Å². The van der Waals surface area contributed by atoms with Gasteiger partial charge in [-0.25, -0.2) is 10.2 Å². The molecule has 2 aromatic heterocycles. The summed E-state index contributed by atoms with van der Waals surface area (Å²) in [6, 6.07) is 1.76. The molecular weight excluding hydrogens is 345 g/mol. The van der Waals surface area contributed by atoms with Crippen LogP contribution in [0, 0.1) is 6.92 Å². The Kier molecular flexibility index (Phi) is 4.68. The van der Waals surface area contributed by atoms with Crippen LogP contribution in [0.3, 0.4) is 0 Å². The molecule has 11 heteroatoms. The summed E-state index contributed by atoms with van der Waals surface area (Å²) in [6.45, 7) is 2.77. The van der Waals surface area contributed by atoms with Gasteiger partial charge in [0, 0.05) is 19.2 Å². The van der Waals surface area contributed by atoms with E-state index in [1.54, 1.807) is 0 Å². The standard InChI is InChI=1S/C14H13F3N4O4/c1-6-4-9(22)11(13(24)25-6)7(2)18-19-12(23)8-5-10(14(15,16)17)20-21(8)3/h4-5,22H,1-3H3,(H,19,23)/b18-7+. The molecule has 0 bridgehead atoms. The third-order valence-corrected chi connectivity index (χ3v) is 3.14. The monoisotopic (exact) mass is 358 g/mol. The number of rotatable bonds is 3. The van der Waals surface area contributed by atoms with Crippen LogP contribution >= 0.6 is 0 Å². The maximum atomic E-state index is 12.6. The SMILES string of the molecule is C/C(=N\NC(=O)c1cc(C(F)(F)F)nn1C)c1c(O)cc(C)oc1=O. The lowest BCUT2D eigenvalue weighted by atomic mass is 10.2. The largest absolute Gasteiger partial charge is 0.507 e. The van der Waals surface area contributed by atoms with Crippen molar-refractivity contribution >= 4 is 11.6 Å². The molecule has 1 amide bonds.